The summed E-state index contributed by atoms with van der Waals surface area (Å²) in [6.45, 7) is 2.15. The molecule has 0 bridgehead atoms. The summed E-state index contributed by atoms with van der Waals surface area (Å²) < 4.78 is 0. The van der Waals surface area contributed by atoms with Gasteiger partial charge in [-0.3, -0.25) is 4.98 Å². The molecule has 1 aromatic rings. The number of hydrogen-bond acceptors (Lipinski definition) is 1. The third-order valence-electron chi connectivity index (χ3n) is 1.18. The van der Waals surface area contributed by atoms with Crippen LogP contribution in [0.3, 0.4) is 0 Å². The van der Waals surface area contributed by atoms with Gasteiger partial charge in [-0.1, -0.05) is 13.3 Å². The van der Waals surface area contributed by atoms with Gasteiger partial charge in [0, 0.05) is 12.4 Å². The minimum absolute atomic E-state index is 1.09. The van der Waals surface area contributed by atoms with Crippen LogP contribution in [0.5, 0.6) is 0 Å². The summed E-state index contributed by atoms with van der Waals surface area (Å²) in [5.41, 5.74) is 1.21. The van der Waals surface area contributed by atoms with Crippen molar-refractivity contribution in [1.82, 2.24) is 4.98 Å². The molecule has 0 aliphatic carbocycles. The van der Waals surface area contributed by atoms with Crippen molar-refractivity contribution in [3.05, 3.63) is 30.1 Å². The maximum absolute atomic E-state index is 3.97. The summed E-state index contributed by atoms with van der Waals surface area (Å²) in [4.78, 5) is 3.97. The molecule has 1 radical (unpaired) electrons. The van der Waals surface area contributed by atoms with Gasteiger partial charge in [-0.25, -0.2) is 0 Å². The average Bonchev–Trinajstić information content (AvgIpc) is 1.91. The summed E-state index contributed by atoms with van der Waals surface area (Å²) in [6.07, 6.45) is 5.87. The van der Waals surface area contributed by atoms with Crippen molar-refractivity contribution < 1.29 is 0 Å². The van der Waals surface area contributed by atoms with Crippen LogP contribution >= 0.6 is 0 Å². The van der Waals surface area contributed by atoms with Gasteiger partial charge in [0.1, 0.15) is 0 Å². The number of aromatic nitrogens is 1. The number of nitrogens with zero attached hydrogens (tertiary/aromatic N) is 1. The molecule has 0 N–H and O–H groups in total. The topological polar surface area (TPSA) is 12.9 Å². The summed E-state index contributed by atoms with van der Waals surface area (Å²) in [7, 11) is 0. The van der Waals surface area contributed by atoms with Crippen molar-refractivity contribution in [2.75, 3.05) is 0 Å². The van der Waals surface area contributed by atoms with Gasteiger partial charge in [0.15, 0.2) is 0 Å². The summed E-state index contributed by atoms with van der Waals surface area (Å²) in [6, 6.07) is 4.96. The van der Waals surface area contributed by atoms with Crippen LogP contribution in [0.25, 0.3) is 0 Å². The van der Waals surface area contributed by atoms with Crippen LogP contribution in [0, 0.1) is 6.07 Å². The average molecular weight is 120 g/mol. The molecule has 1 heteroatoms. The minimum atomic E-state index is 1.09. The Kier molecular flexibility index (Phi) is 2.25. The molecule has 0 aliphatic heterocycles. The Morgan fingerprint density at radius 2 is 2.56 bits per heavy atom. The fraction of sp³-hybridized carbons (Fsp3) is 0.375. The Morgan fingerprint density at radius 1 is 1.67 bits per heavy atom. The largest absolute Gasteiger partial charge is 0.264 e. The van der Waals surface area contributed by atoms with Gasteiger partial charge in [-0.05, 0) is 24.1 Å². The lowest BCUT2D eigenvalue weighted by Gasteiger charge is -1.92. The van der Waals surface area contributed by atoms with Gasteiger partial charge in [-0.15, -0.1) is 0 Å². The molecule has 1 rings (SSSR count). The lowest BCUT2D eigenvalue weighted by Crippen LogP contribution is -1.82. The first kappa shape index (κ1) is 6.27. The summed E-state index contributed by atoms with van der Waals surface area (Å²) in [5.74, 6) is 0. The van der Waals surface area contributed by atoms with Crippen molar-refractivity contribution in [3.8, 4) is 0 Å². The van der Waals surface area contributed by atoms with Crippen molar-refractivity contribution in [2.45, 2.75) is 19.8 Å². The SMILES string of the molecule is CCCc1[c]ccnc1. The highest BCUT2D eigenvalue weighted by Crippen LogP contribution is 1.97. The van der Waals surface area contributed by atoms with Gasteiger partial charge >= 0.3 is 0 Å². The van der Waals surface area contributed by atoms with Crippen LogP contribution in [-0.4, -0.2) is 4.98 Å². The van der Waals surface area contributed by atoms with Gasteiger partial charge in [0.05, 0.1) is 0 Å². The van der Waals surface area contributed by atoms with Gasteiger partial charge in [0.2, 0.25) is 0 Å². The Balaban J connectivity index is 2.61. The van der Waals surface area contributed by atoms with Crippen LogP contribution in [0.15, 0.2) is 18.5 Å². The molecule has 1 heterocycles. The lowest BCUT2D eigenvalue weighted by atomic mass is 10.2. The quantitative estimate of drug-likeness (QED) is 0.580. The van der Waals surface area contributed by atoms with Crippen LogP contribution in [-0.2, 0) is 6.42 Å². The molecule has 0 aliphatic rings. The Morgan fingerprint density at radius 3 is 3.11 bits per heavy atom. The first-order valence-electron chi connectivity index (χ1n) is 3.24. The van der Waals surface area contributed by atoms with E-state index < -0.39 is 0 Å². The summed E-state index contributed by atoms with van der Waals surface area (Å²) in [5, 5.41) is 0. The van der Waals surface area contributed by atoms with E-state index in [2.05, 4.69) is 18.0 Å². The van der Waals surface area contributed by atoms with Crippen molar-refractivity contribution >= 4 is 0 Å². The monoisotopic (exact) mass is 120 g/mol. The number of pyridine rings is 1. The molecule has 0 amide bonds. The van der Waals surface area contributed by atoms with E-state index >= 15 is 0 Å². The van der Waals surface area contributed by atoms with E-state index in [1.807, 2.05) is 12.3 Å². The van der Waals surface area contributed by atoms with Crippen LogP contribution < -0.4 is 0 Å². The Bertz CT molecular complexity index is 157. The molecular weight excluding hydrogens is 110 g/mol. The highest BCUT2D eigenvalue weighted by atomic mass is 14.6. The minimum Gasteiger partial charge on any atom is -0.264 e. The Hall–Kier alpha value is -0.850. The van der Waals surface area contributed by atoms with Crippen molar-refractivity contribution in [2.24, 2.45) is 0 Å². The standard InChI is InChI=1S/C8H10N/c1-2-4-8-5-3-6-9-7-8/h3,6-7H,2,4H2,1H3. The molecule has 9 heavy (non-hydrogen) atoms. The highest BCUT2D eigenvalue weighted by molar-refractivity contribution is 5.05. The van der Waals surface area contributed by atoms with Crippen LogP contribution in [0.1, 0.15) is 18.9 Å². The first-order valence-corrected chi connectivity index (χ1v) is 3.24. The predicted octanol–water partition coefficient (Wildman–Crippen LogP) is 1.83. The molecule has 47 valence electrons. The van der Waals surface area contributed by atoms with Gasteiger partial charge in [0.25, 0.3) is 0 Å². The third-order valence-corrected chi connectivity index (χ3v) is 1.18. The van der Waals surface area contributed by atoms with Crippen LogP contribution in [0.4, 0.5) is 0 Å². The predicted molar refractivity (Wildman–Crippen MR) is 37.1 cm³/mol. The second-order valence-corrected chi connectivity index (χ2v) is 2.01. The molecule has 0 atom stereocenters. The molecule has 0 saturated carbocycles. The second kappa shape index (κ2) is 3.23. The zero-order valence-electron chi connectivity index (χ0n) is 5.59. The zero-order chi connectivity index (χ0) is 6.53. The van der Waals surface area contributed by atoms with Crippen molar-refractivity contribution in [1.29, 1.82) is 0 Å². The van der Waals surface area contributed by atoms with Crippen molar-refractivity contribution in [3.63, 3.8) is 0 Å². The lowest BCUT2D eigenvalue weighted by molar-refractivity contribution is 0.912. The molecular formula is C8H10N. The van der Waals surface area contributed by atoms with Gasteiger partial charge < -0.3 is 0 Å². The van der Waals surface area contributed by atoms with E-state index in [0.717, 1.165) is 6.42 Å². The molecule has 0 unspecified atom stereocenters. The highest BCUT2D eigenvalue weighted by Gasteiger charge is 1.86. The molecule has 0 saturated heterocycles. The second-order valence-electron chi connectivity index (χ2n) is 2.01. The first-order chi connectivity index (χ1) is 4.43. The van der Waals surface area contributed by atoms with Gasteiger partial charge in [-0.2, -0.15) is 0 Å². The Labute approximate surface area is 55.7 Å². The smallest absolute Gasteiger partial charge is 0.0306 e. The van der Waals surface area contributed by atoms with E-state index in [1.165, 1.54) is 12.0 Å². The maximum Gasteiger partial charge on any atom is 0.0306 e. The maximum atomic E-state index is 3.97. The molecule has 0 aromatic carbocycles. The molecule has 0 spiro atoms. The number of aryl methyl sites for hydroxylation is 1. The third kappa shape index (κ3) is 1.84. The molecule has 0 fully saturated rings. The summed E-state index contributed by atoms with van der Waals surface area (Å²) >= 11 is 0. The fourth-order valence-electron chi connectivity index (χ4n) is 0.764. The zero-order valence-corrected chi connectivity index (χ0v) is 5.59. The number of rotatable bonds is 2. The fourth-order valence-corrected chi connectivity index (χ4v) is 0.764. The normalized spacial score (nSPS) is 9.44. The molecule has 1 aromatic heterocycles. The van der Waals surface area contributed by atoms with E-state index in [1.54, 1.807) is 6.20 Å². The van der Waals surface area contributed by atoms with Crippen LogP contribution in [0.2, 0.25) is 0 Å². The van der Waals surface area contributed by atoms with E-state index in [-0.39, 0.29) is 0 Å². The number of hydrogen-bond donors (Lipinski definition) is 0. The van der Waals surface area contributed by atoms with E-state index in [4.69, 9.17) is 0 Å². The van der Waals surface area contributed by atoms with E-state index in [9.17, 15) is 0 Å². The van der Waals surface area contributed by atoms with E-state index in [0.29, 0.717) is 0 Å². The molecule has 1 nitrogen and oxygen atoms in total.